The number of hydrogen-bond donors (Lipinski definition) is 1. The van der Waals surface area contributed by atoms with E-state index in [1.807, 2.05) is 0 Å². The molecule has 1 nitrogen and oxygen atoms in total. The zero-order chi connectivity index (χ0) is 37.9. The maximum absolute atomic E-state index is 15.4. The van der Waals surface area contributed by atoms with Gasteiger partial charge < -0.3 is 5.32 Å². The van der Waals surface area contributed by atoms with Gasteiger partial charge in [-0.25, -0.2) is 87.8 Å². The predicted octanol–water partition coefficient (Wildman–Crippen LogP) is 5.19. The molecule has 0 atom stereocenters. The normalized spacial score (nSPS) is 13.2. The Bertz CT molecular complexity index is 1650. The fourth-order valence-electron chi connectivity index (χ4n) is 5.60. The van der Waals surface area contributed by atoms with E-state index in [-0.39, 0.29) is 0 Å². The van der Waals surface area contributed by atoms with Gasteiger partial charge in [0.25, 0.3) is 0 Å². The molecule has 1 heterocycles. The van der Waals surface area contributed by atoms with E-state index in [1.54, 1.807) is 0 Å². The molecule has 50 heavy (non-hydrogen) atoms. The summed E-state index contributed by atoms with van der Waals surface area (Å²) in [6.07, 6.45) is -4.33. The molecule has 1 aliphatic rings. The summed E-state index contributed by atoms with van der Waals surface area (Å²) in [5.74, 6) is -71.4. The Labute approximate surface area is 264 Å². The molecule has 1 saturated heterocycles. The fraction of sp³-hybridized carbons (Fsp3) is 0.143. The lowest BCUT2D eigenvalue weighted by atomic mass is 9.12. The lowest BCUT2D eigenvalue weighted by Crippen LogP contribution is -2.81. The second-order valence-electron chi connectivity index (χ2n) is 10.4. The number of benzene rings is 4. The van der Waals surface area contributed by atoms with Crippen LogP contribution in [0.1, 0.15) is 12.8 Å². The monoisotopic (exact) mass is 751 g/mol. The molecule has 0 aliphatic carbocycles. The van der Waals surface area contributed by atoms with Gasteiger partial charge in [0.05, 0.1) is 13.1 Å². The number of rotatable bonds is 4. The predicted molar refractivity (Wildman–Crippen MR) is 130 cm³/mol. The van der Waals surface area contributed by atoms with Crippen LogP contribution < -0.4 is 27.2 Å². The highest BCUT2D eigenvalue weighted by atomic mass is 19.2. The highest BCUT2D eigenvalue weighted by molar-refractivity contribution is 7.20. The Balaban J connectivity index is 0.00000103. The van der Waals surface area contributed by atoms with Crippen LogP contribution in [0.3, 0.4) is 0 Å². The molecular weight excluding hydrogens is 741 g/mol. The molecule has 4 aromatic rings. The summed E-state index contributed by atoms with van der Waals surface area (Å²) < 4.78 is 294. The lowest BCUT2D eigenvalue weighted by molar-refractivity contribution is -0.635. The summed E-state index contributed by atoms with van der Waals surface area (Å²) in [6, 6.07) is 0. The molecular formula is C28H10BF20N. The Morgan fingerprint density at radius 2 is 0.380 bits per heavy atom. The summed E-state index contributed by atoms with van der Waals surface area (Å²) in [4.78, 5) is 0. The van der Waals surface area contributed by atoms with Crippen molar-refractivity contribution in [2.45, 2.75) is 12.8 Å². The molecule has 2 N–H and O–H groups in total. The van der Waals surface area contributed by atoms with Gasteiger partial charge in [-0.05, 0) is 0 Å². The van der Waals surface area contributed by atoms with E-state index in [1.165, 1.54) is 25.9 Å². The Morgan fingerprint density at radius 1 is 0.240 bits per heavy atom. The average Bonchev–Trinajstić information content (AvgIpc) is 3.69. The van der Waals surface area contributed by atoms with Crippen molar-refractivity contribution in [1.29, 1.82) is 0 Å². The fourth-order valence-corrected chi connectivity index (χ4v) is 5.60. The summed E-state index contributed by atoms with van der Waals surface area (Å²) in [6.45, 7) is 2.75. The van der Waals surface area contributed by atoms with Crippen LogP contribution in [-0.4, -0.2) is 19.2 Å². The van der Waals surface area contributed by atoms with Crippen LogP contribution in [0, 0.1) is 116 Å². The minimum Gasteiger partial charge on any atom is -0.346 e. The summed E-state index contributed by atoms with van der Waals surface area (Å²) in [7, 11) is 0. The van der Waals surface area contributed by atoms with Gasteiger partial charge in [0, 0.05) is 12.8 Å². The zero-order valence-corrected chi connectivity index (χ0v) is 23.5. The van der Waals surface area contributed by atoms with Gasteiger partial charge in [-0.2, -0.15) is 0 Å². The quantitative estimate of drug-likeness (QED) is 0.128. The van der Waals surface area contributed by atoms with Crippen molar-refractivity contribution in [3.05, 3.63) is 116 Å². The van der Waals surface area contributed by atoms with E-state index in [0.717, 1.165) is 0 Å². The second kappa shape index (κ2) is 13.7. The van der Waals surface area contributed by atoms with Crippen LogP contribution >= 0.6 is 0 Å². The first kappa shape index (κ1) is 38.3. The first-order valence-electron chi connectivity index (χ1n) is 13.3. The molecule has 4 aromatic carbocycles. The number of hydrogen-bond acceptors (Lipinski definition) is 0. The van der Waals surface area contributed by atoms with Gasteiger partial charge >= 0.3 is 0 Å². The number of quaternary nitrogens is 1. The maximum Gasteiger partial charge on any atom is 0.200 e. The van der Waals surface area contributed by atoms with Gasteiger partial charge in [-0.1, -0.05) is 0 Å². The Hall–Kier alpha value is -4.50. The summed E-state index contributed by atoms with van der Waals surface area (Å²) in [5.41, 5.74) is -14.3. The van der Waals surface area contributed by atoms with E-state index in [9.17, 15) is 52.7 Å². The minimum absolute atomic E-state index is 1.38. The smallest absolute Gasteiger partial charge is 0.200 e. The first-order chi connectivity index (χ1) is 23.2. The van der Waals surface area contributed by atoms with Gasteiger partial charge in [0.1, 0.15) is 52.7 Å². The van der Waals surface area contributed by atoms with E-state index in [4.69, 9.17) is 0 Å². The molecule has 5 rings (SSSR count). The van der Waals surface area contributed by atoms with Crippen molar-refractivity contribution in [3.8, 4) is 0 Å². The van der Waals surface area contributed by atoms with Gasteiger partial charge in [-0.3, -0.25) is 0 Å². The average molecular weight is 751 g/mol. The van der Waals surface area contributed by atoms with Crippen molar-refractivity contribution in [2.75, 3.05) is 13.1 Å². The van der Waals surface area contributed by atoms with Gasteiger partial charge in [0.15, 0.2) is 69.8 Å². The molecule has 0 bridgehead atoms. The highest BCUT2D eigenvalue weighted by Crippen LogP contribution is 2.30. The SMILES string of the molecule is C1CC[NH2+]C1.Fc1c(F)c(F)c([B-](c2c(F)c(F)c(F)c(F)c2F)(c2c(F)c(F)c(F)c(F)c2F)c2c(F)c(F)c(F)c(F)c2F)c(F)c1F. The van der Waals surface area contributed by atoms with E-state index in [2.05, 4.69) is 5.32 Å². The molecule has 0 radical (unpaired) electrons. The molecule has 0 amide bonds. The third kappa shape index (κ3) is 5.41. The van der Waals surface area contributed by atoms with Crippen LogP contribution in [0.4, 0.5) is 87.8 Å². The highest BCUT2D eigenvalue weighted by Gasteiger charge is 2.52. The Morgan fingerprint density at radius 3 is 0.500 bits per heavy atom. The van der Waals surface area contributed by atoms with E-state index >= 15 is 35.1 Å². The molecule has 0 spiro atoms. The number of nitrogens with two attached hydrogens (primary N) is 1. The largest absolute Gasteiger partial charge is 0.346 e. The van der Waals surface area contributed by atoms with Crippen LogP contribution in [0.2, 0.25) is 0 Å². The molecule has 0 aromatic heterocycles. The van der Waals surface area contributed by atoms with Crippen molar-refractivity contribution in [2.24, 2.45) is 0 Å². The van der Waals surface area contributed by atoms with Crippen LogP contribution in [-0.2, 0) is 0 Å². The first-order valence-corrected chi connectivity index (χ1v) is 13.3. The van der Waals surface area contributed by atoms with Crippen LogP contribution in [0.25, 0.3) is 0 Å². The molecule has 0 unspecified atom stereocenters. The van der Waals surface area contributed by atoms with E-state index < -0.39 is 144 Å². The van der Waals surface area contributed by atoms with Crippen molar-refractivity contribution >= 4 is 28.0 Å². The van der Waals surface area contributed by atoms with Crippen molar-refractivity contribution in [1.82, 2.24) is 0 Å². The maximum atomic E-state index is 15.4. The zero-order valence-electron chi connectivity index (χ0n) is 23.5. The van der Waals surface area contributed by atoms with Crippen molar-refractivity contribution in [3.63, 3.8) is 0 Å². The van der Waals surface area contributed by atoms with E-state index in [0.29, 0.717) is 0 Å². The lowest BCUT2D eigenvalue weighted by Gasteiger charge is -2.44. The third-order valence-electron chi connectivity index (χ3n) is 7.77. The summed E-state index contributed by atoms with van der Waals surface area (Å²) in [5, 5.41) is 2.36. The molecule has 0 saturated carbocycles. The second-order valence-corrected chi connectivity index (χ2v) is 10.4. The van der Waals surface area contributed by atoms with Crippen molar-refractivity contribution < 1.29 is 93.1 Å². The van der Waals surface area contributed by atoms with Crippen LogP contribution in [0.15, 0.2) is 0 Å². The molecule has 22 heteroatoms. The van der Waals surface area contributed by atoms with Gasteiger partial charge in [-0.15, -0.1) is 21.9 Å². The number of halogens is 20. The van der Waals surface area contributed by atoms with Crippen LogP contribution in [0.5, 0.6) is 0 Å². The molecule has 1 fully saturated rings. The summed E-state index contributed by atoms with van der Waals surface area (Å²) >= 11 is 0. The molecule has 270 valence electrons. The van der Waals surface area contributed by atoms with Gasteiger partial charge in [0.2, 0.25) is 0 Å². The minimum atomic E-state index is -7.22. The third-order valence-corrected chi connectivity index (χ3v) is 7.77. The topological polar surface area (TPSA) is 16.6 Å². The standard InChI is InChI=1S/C24BF20.C4H9N/c26-5-1(6(27)14(35)21(42)13(5)34)25(2-7(28)15(36)22(43)16(37)8(2)29,3-9(30)17(38)23(44)18(39)10(3)31)4-11(32)19(40)24(45)20(41)12(4)33;1-2-4-5-3-1/h;5H,1-4H2/q-1;/p+1. The molecule has 1 aliphatic heterocycles. The Kier molecular flexibility index (Phi) is 10.5.